The lowest BCUT2D eigenvalue weighted by molar-refractivity contribution is 0.0944. The van der Waals surface area contributed by atoms with Crippen LogP contribution >= 0.6 is 0 Å². The van der Waals surface area contributed by atoms with Gasteiger partial charge in [-0.25, -0.2) is 9.97 Å². The second kappa shape index (κ2) is 4.34. The number of nitrogen functional groups attached to an aromatic ring is 1. The summed E-state index contributed by atoms with van der Waals surface area (Å²) >= 11 is 0. The molecule has 0 unspecified atom stereocenters. The molecule has 2 heterocycles. The van der Waals surface area contributed by atoms with Crippen LogP contribution in [0.1, 0.15) is 16.3 Å². The van der Waals surface area contributed by atoms with E-state index in [0.717, 1.165) is 0 Å². The monoisotopic (exact) mass is 220 g/mol. The molecule has 3 N–H and O–H groups in total. The van der Waals surface area contributed by atoms with Gasteiger partial charge in [-0.3, -0.25) is 4.79 Å². The zero-order valence-electron chi connectivity index (χ0n) is 8.12. The summed E-state index contributed by atoms with van der Waals surface area (Å²) in [6.45, 7) is 0.168. The molecule has 0 saturated carbocycles. The molecule has 0 aromatic carbocycles. The third kappa shape index (κ3) is 2.29. The highest BCUT2D eigenvalue weighted by Crippen LogP contribution is 1.96. The highest BCUT2D eigenvalue weighted by molar-refractivity contribution is 5.91. The predicted molar refractivity (Wildman–Crippen MR) is 51.9 cm³/mol. The van der Waals surface area contributed by atoms with Crippen molar-refractivity contribution >= 4 is 11.7 Å². The van der Waals surface area contributed by atoms with Crippen LogP contribution < -0.4 is 11.1 Å². The molecule has 0 radical (unpaired) electrons. The number of rotatable bonds is 3. The Morgan fingerprint density at radius 3 is 2.88 bits per heavy atom. The van der Waals surface area contributed by atoms with Crippen LogP contribution in [0.15, 0.2) is 23.3 Å². The Bertz CT molecular complexity index is 466. The Morgan fingerprint density at radius 2 is 2.25 bits per heavy atom. The number of hydrogen-bond donors (Lipinski definition) is 2. The van der Waals surface area contributed by atoms with Gasteiger partial charge < -0.3 is 15.6 Å². The smallest absolute Gasteiger partial charge is 0.271 e. The van der Waals surface area contributed by atoms with Crippen LogP contribution in [0.5, 0.6) is 0 Å². The molecule has 0 atom stereocenters. The van der Waals surface area contributed by atoms with Crippen molar-refractivity contribution < 1.29 is 9.32 Å². The molecule has 0 saturated heterocycles. The van der Waals surface area contributed by atoms with Crippen LogP contribution in [-0.2, 0) is 6.54 Å². The quantitative estimate of drug-likeness (QED) is 0.706. The first kappa shape index (κ1) is 10.0. The summed E-state index contributed by atoms with van der Waals surface area (Å²) in [5.41, 5.74) is 5.52. The molecule has 0 fully saturated rings. The molecule has 2 rings (SSSR count). The van der Waals surface area contributed by atoms with E-state index < -0.39 is 0 Å². The Kier molecular flexibility index (Phi) is 2.72. The van der Waals surface area contributed by atoms with E-state index in [9.17, 15) is 4.79 Å². The molecule has 1 amide bonds. The number of aromatic nitrogens is 4. The van der Waals surface area contributed by atoms with E-state index in [4.69, 9.17) is 5.73 Å². The van der Waals surface area contributed by atoms with Crippen LogP contribution in [0.3, 0.4) is 0 Å². The van der Waals surface area contributed by atoms with E-state index in [1.54, 1.807) is 0 Å². The van der Waals surface area contributed by atoms with Gasteiger partial charge in [0, 0.05) is 0 Å². The van der Waals surface area contributed by atoms with Crippen molar-refractivity contribution in [1.29, 1.82) is 0 Å². The molecule has 0 aliphatic rings. The number of nitrogens with zero attached hydrogens (tertiary/aromatic N) is 4. The van der Waals surface area contributed by atoms with Gasteiger partial charge >= 0.3 is 0 Å². The van der Waals surface area contributed by atoms with Crippen LogP contribution in [0.2, 0.25) is 0 Å². The average Bonchev–Trinajstić information content (AvgIpc) is 2.80. The van der Waals surface area contributed by atoms with E-state index >= 15 is 0 Å². The van der Waals surface area contributed by atoms with Gasteiger partial charge in [0.25, 0.3) is 5.91 Å². The van der Waals surface area contributed by atoms with Crippen molar-refractivity contribution in [2.24, 2.45) is 0 Å². The van der Waals surface area contributed by atoms with Crippen LogP contribution in [0, 0.1) is 0 Å². The third-order valence-corrected chi connectivity index (χ3v) is 1.72. The van der Waals surface area contributed by atoms with Crippen molar-refractivity contribution in [2.45, 2.75) is 6.54 Å². The molecular weight excluding hydrogens is 212 g/mol. The van der Waals surface area contributed by atoms with Crippen LogP contribution in [-0.4, -0.2) is 26.0 Å². The Hall–Kier alpha value is -2.51. The summed E-state index contributed by atoms with van der Waals surface area (Å²) in [5, 5.41) is 6.09. The first-order valence-corrected chi connectivity index (χ1v) is 4.36. The first-order chi connectivity index (χ1) is 7.75. The second-order valence-electron chi connectivity index (χ2n) is 2.86. The van der Waals surface area contributed by atoms with E-state index in [-0.39, 0.29) is 24.0 Å². The SMILES string of the molecule is Nc1cnc(C(=O)NCc2ncon2)cn1. The van der Waals surface area contributed by atoms with Gasteiger partial charge in [0.2, 0.25) is 6.39 Å². The normalized spacial score (nSPS) is 10.0. The maximum atomic E-state index is 11.5. The average molecular weight is 220 g/mol. The topological polar surface area (TPSA) is 120 Å². The Labute approximate surface area is 89.9 Å². The molecular formula is C8H8N6O2. The van der Waals surface area contributed by atoms with Crippen molar-refractivity contribution in [1.82, 2.24) is 25.4 Å². The number of carbonyl (C=O) groups excluding carboxylic acids is 1. The fraction of sp³-hybridized carbons (Fsp3) is 0.125. The number of anilines is 1. The number of amides is 1. The largest absolute Gasteiger partial charge is 0.382 e. The van der Waals surface area contributed by atoms with Gasteiger partial charge in [0.15, 0.2) is 5.82 Å². The lowest BCUT2D eigenvalue weighted by atomic mass is 10.4. The summed E-state index contributed by atoms with van der Waals surface area (Å²) in [5.74, 6) is 0.267. The molecule has 82 valence electrons. The predicted octanol–water partition coefficient (Wildman–Crippen LogP) is -0.628. The Morgan fingerprint density at radius 1 is 1.38 bits per heavy atom. The molecule has 8 nitrogen and oxygen atoms in total. The van der Waals surface area contributed by atoms with Gasteiger partial charge in [-0.15, -0.1) is 0 Å². The van der Waals surface area contributed by atoms with Crippen LogP contribution in [0.4, 0.5) is 5.82 Å². The maximum Gasteiger partial charge on any atom is 0.271 e. The fourth-order valence-electron chi connectivity index (χ4n) is 0.975. The summed E-state index contributed by atoms with van der Waals surface area (Å²) in [7, 11) is 0. The van der Waals surface area contributed by atoms with E-state index in [0.29, 0.717) is 5.82 Å². The number of hydrogen-bond acceptors (Lipinski definition) is 7. The molecule has 0 aliphatic carbocycles. The minimum atomic E-state index is -0.377. The van der Waals surface area contributed by atoms with Crippen molar-refractivity contribution in [3.63, 3.8) is 0 Å². The zero-order valence-corrected chi connectivity index (χ0v) is 8.12. The van der Waals surface area contributed by atoms with Gasteiger partial charge in [-0.1, -0.05) is 5.16 Å². The number of nitrogens with two attached hydrogens (primary N) is 1. The van der Waals surface area contributed by atoms with Gasteiger partial charge in [-0.05, 0) is 0 Å². The summed E-state index contributed by atoms with van der Waals surface area (Å²) in [4.78, 5) is 22.8. The summed E-state index contributed by atoms with van der Waals surface area (Å²) in [6, 6.07) is 0. The van der Waals surface area contributed by atoms with E-state index in [2.05, 4.69) is 29.9 Å². The second-order valence-corrected chi connectivity index (χ2v) is 2.86. The summed E-state index contributed by atoms with van der Waals surface area (Å²) in [6.07, 6.45) is 3.79. The lowest BCUT2D eigenvalue weighted by Gasteiger charge is -2.00. The van der Waals surface area contributed by atoms with Gasteiger partial charge in [-0.2, -0.15) is 4.98 Å². The molecule has 0 bridgehead atoms. The van der Waals surface area contributed by atoms with E-state index in [1.165, 1.54) is 18.8 Å². The number of carbonyl (C=O) groups is 1. The minimum absolute atomic E-state index is 0.168. The number of nitrogens with one attached hydrogen (secondary N) is 1. The Balaban J connectivity index is 1.95. The van der Waals surface area contributed by atoms with Crippen molar-refractivity contribution in [2.75, 3.05) is 5.73 Å². The molecule has 0 aliphatic heterocycles. The maximum absolute atomic E-state index is 11.5. The fourth-order valence-corrected chi connectivity index (χ4v) is 0.975. The minimum Gasteiger partial charge on any atom is -0.382 e. The first-order valence-electron chi connectivity index (χ1n) is 4.36. The van der Waals surface area contributed by atoms with Crippen molar-refractivity contribution in [3.05, 3.63) is 30.3 Å². The van der Waals surface area contributed by atoms with E-state index in [1.807, 2.05) is 0 Å². The zero-order chi connectivity index (χ0) is 11.4. The van der Waals surface area contributed by atoms with Gasteiger partial charge in [0.1, 0.15) is 11.5 Å². The van der Waals surface area contributed by atoms with Crippen molar-refractivity contribution in [3.8, 4) is 0 Å². The molecule has 8 heteroatoms. The van der Waals surface area contributed by atoms with Crippen LogP contribution in [0.25, 0.3) is 0 Å². The highest BCUT2D eigenvalue weighted by atomic mass is 16.5. The summed E-state index contributed by atoms with van der Waals surface area (Å²) < 4.78 is 4.51. The standard InChI is InChI=1S/C8H8N6O2/c9-6-2-10-5(1-11-6)8(15)12-3-7-13-4-16-14-7/h1-2,4H,3H2,(H2,9,11)(H,12,15). The van der Waals surface area contributed by atoms with Gasteiger partial charge in [0.05, 0.1) is 18.9 Å². The molecule has 2 aromatic rings. The molecule has 2 aromatic heterocycles. The highest BCUT2D eigenvalue weighted by Gasteiger charge is 2.08. The molecule has 16 heavy (non-hydrogen) atoms. The molecule has 0 spiro atoms. The third-order valence-electron chi connectivity index (χ3n) is 1.72. The lowest BCUT2D eigenvalue weighted by Crippen LogP contribution is -2.24.